The molecule has 19 heteroatoms. The molecule has 1 aliphatic carbocycles. The maximum atomic E-state index is 13.5. The predicted molar refractivity (Wildman–Crippen MR) is 154 cm³/mol. The van der Waals surface area contributed by atoms with Gasteiger partial charge in [-0.1, -0.05) is 5.16 Å². The van der Waals surface area contributed by atoms with Crippen molar-refractivity contribution in [1.82, 2.24) is 15.2 Å². The SMILES string of the molecule is BOC(=O)C1=C(CCl)CS[C@@H]2[C@H](NC(=O)/C(=N\OC3(C(=O)OB)CC3)c3csc(NC(=O)OC(C)(C)C)n3)C(=O)N12. The molecule has 2 fully saturated rings. The Kier molecular flexibility index (Phi) is 8.94. The Balaban J connectivity index is 1.56. The molecule has 0 spiro atoms. The lowest BCUT2D eigenvalue weighted by atomic mass is 10.0. The summed E-state index contributed by atoms with van der Waals surface area (Å²) < 4.78 is 14.8. The topological polar surface area (TPSA) is 175 Å². The van der Waals surface area contributed by atoms with Gasteiger partial charge in [0.2, 0.25) is 5.60 Å². The summed E-state index contributed by atoms with van der Waals surface area (Å²) >= 11 is 8.29. The average Bonchev–Trinajstić information content (AvgIpc) is 3.59. The van der Waals surface area contributed by atoms with Crippen LogP contribution in [0.1, 0.15) is 39.3 Å². The van der Waals surface area contributed by atoms with Gasteiger partial charge in [0.05, 0.1) is 0 Å². The first-order chi connectivity index (χ1) is 19.3. The van der Waals surface area contributed by atoms with E-state index in [-0.39, 0.29) is 28.1 Å². The van der Waals surface area contributed by atoms with Crippen molar-refractivity contribution in [1.29, 1.82) is 0 Å². The zero-order valence-electron chi connectivity index (χ0n) is 22.8. The molecule has 0 aromatic carbocycles. The fraction of sp³-hybridized carbons (Fsp3) is 0.500. The number of hydrogen-bond donors (Lipinski definition) is 2. The molecule has 3 amide bonds. The number of alkyl halides is 1. The molecule has 2 N–H and O–H groups in total. The van der Waals surface area contributed by atoms with Crippen LogP contribution in [0.5, 0.6) is 0 Å². The molecule has 0 bridgehead atoms. The highest BCUT2D eigenvalue weighted by Crippen LogP contribution is 2.42. The molecule has 2 atom stereocenters. The molecule has 41 heavy (non-hydrogen) atoms. The van der Waals surface area contributed by atoms with E-state index in [4.69, 9.17) is 30.5 Å². The minimum Gasteiger partial charge on any atom is -0.540 e. The van der Waals surface area contributed by atoms with E-state index in [1.807, 2.05) is 0 Å². The third-order valence-electron chi connectivity index (χ3n) is 6.02. The second kappa shape index (κ2) is 11.9. The van der Waals surface area contributed by atoms with E-state index < -0.39 is 52.5 Å². The Bertz CT molecular complexity index is 1340. The number of anilines is 1. The molecule has 1 aromatic rings. The van der Waals surface area contributed by atoms with Crippen molar-refractivity contribution >= 4 is 91.5 Å². The molecule has 4 rings (SSSR count). The van der Waals surface area contributed by atoms with E-state index >= 15 is 0 Å². The second-order valence-corrected chi connectivity index (χ2v) is 12.4. The number of amides is 3. The molecule has 2 aliphatic heterocycles. The van der Waals surface area contributed by atoms with Crippen LogP contribution in [0.4, 0.5) is 9.93 Å². The zero-order valence-corrected chi connectivity index (χ0v) is 25.2. The average molecular weight is 626 g/mol. The minimum atomic E-state index is -1.33. The first-order valence-corrected chi connectivity index (χ1v) is 14.7. The number of nitrogens with one attached hydrogen (secondary N) is 2. The molecular formula is C22H26B2ClN5O9S2. The largest absolute Gasteiger partial charge is 0.540 e. The highest BCUT2D eigenvalue weighted by Gasteiger charge is 2.56. The van der Waals surface area contributed by atoms with Crippen LogP contribution >= 0.6 is 34.7 Å². The van der Waals surface area contributed by atoms with Crippen LogP contribution in [-0.2, 0) is 38.1 Å². The van der Waals surface area contributed by atoms with Gasteiger partial charge >= 0.3 is 34.1 Å². The number of thiazole rings is 1. The molecule has 1 saturated carbocycles. The van der Waals surface area contributed by atoms with Crippen molar-refractivity contribution in [3.63, 3.8) is 0 Å². The summed E-state index contributed by atoms with van der Waals surface area (Å²) in [5.74, 6) is -2.34. The van der Waals surface area contributed by atoms with Crippen LogP contribution in [0.15, 0.2) is 21.8 Å². The lowest BCUT2D eigenvalue weighted by Crippen LogP contribution is -2.71. The van der Waals surface area contributed by atoms with E-state index in [0.29, 0.717) is 24.2 Å². The Morgan fingerprint density at radius 3 is 2.54 bits per heavy atom. The van der Waals surface area contributed by atoms with Crippen molar-refractivity contribution in [2.45, 2.75) is 56.2 Å². The minimum absolute atomic E-state index is 0.0127. The number of carbonyl (C=O) groups excluding carboxylic acids is 5. The number of ether oxygens (including phenoxy) is 1. The third-order valence-corrected chi connectivity index (χ3v) is 8.44. The number of thioether (sulfide) groups is 1. The quantitative estimate of drug-likeness (QED) is 0.122. The van der Waals surface area contributed by atoms with Crippen molar-refractivity contribution < 1.29 is 42.9 Å². The Morgan fingerprint density at radius 1 is 1.24 bits per heavy atom. The molecule has 3 heterocycles. The number of hydrogen-bond acceptors (Lipinski definition) is 13. The molecular weight excluding hydrogens is 599 g/mol. The van der Waals surface area contributed by atoms with Crippen LogP contribution in [0.3, 0.4) is 0 Å². The predicted octanol–water partition coefficient (Wildman–Crippen LogP) is -0.181. The van der Waals surface area contributed by atoms with Crippen LogP contribution in [0.2, 0.25) is 0 Å². The van der Waals surface area contributed by atoms with Gasteiger partial charge in [0.15, 0.2) is 10.8 Å². The van der Waals surface area contributed by atoms with E-state index in [0.717, 1.165) is 11.3 Å². The lowest BCUT2D eigenvalue weighted by molar-refractivity contribution is -0.150. The Hall–Kier alpha value is -3.24. The first kappa shape index (κ1) is 30.7. The number of nitrogens with zero attached hydrogens (tertiary/aromatic N) is 3. The highest BCUT2D eigenvalue weighted by molar-refractivity contribution is 8.00. The van der Waals surface area contributed by atoms with E-state index in [2.05, 4.69) is 20.8 Å². The number of oxime groups is 1. The maximum absolute atomic E-state index is 13.5. The van der Waals surface area contributed by atoms with Crippen LogP contribution in [0, 0.1) is 0 Å². The molecule has 1 saturated heterocycles. The summed E-state index contributed by atoms with van der Waals surface area (Å²) in [4.78, 5) is 74.2. The summed E-state index contributed by atoms with van der Waals surface area (Å²) in [6, 6.07) is -1.01. The summed E-state index contributed by atoms with van der Waals surface area (Å²) in [6.07, 6.45) is -0.0811. The number of fused-ring (bicyclic) bond motifs is 1. The van der Waals surface area contributed by atoms with Gasteiger partial charge in [0.1, 0.15) is 28.4 Å². The van der Waals surface area contributed by atoms with Crippen LogP contribution in [0.25, 0.3) is 0 Å². The zero-order chi connectivity index (χ0) is 30.1. The number of β-lactam (4-membered cyclic amide) rings is 1. The summed E-state index contributed by atoms with van der Waals surface area (Å²) in [6.45, 7) is 5.11. The standard InChI is InChI=1S/C22H26B2ClN5O9S2/c1-21(2,3)36-20(35)28-19-26-10(8-41-19)11(29-39-22(4-5-22)18(34)38-24)14(31)27-12-15(32)30-13(17(33)37-23)9(6-25)7-40-16(12)30/h8,12,16H,4-7,23-24H2,1-3H3,(H,27,31)(H,26,28,35)/b29-11-/t12-,16-/m1/s1. The van der Waals surface area contributed by atoms with Crippen molar-refractivity contribution in [3.8, 4) is 0 Å². The van der Waals surface area contributed by atoms with Crippen molar-refractivity contribution in [2.75, 3.05) is 16.9 Å². The summed E-state index contributed by atoms with van der Waals surface area (Å²) in [7, 11) is 2.41. The normalized spacial score (nSPS) is 21.2. The van der Waals surface area contributed by atoms with Gasteiger partial charge in [-0.3, -0.25) is 19.8 Å². The van der Waals surface area contributed by atoms with Crippen molar-refractivity contribution in [2.24, 2.45) is 5.16 Å². The summed E-state index contributed by atoms with van der Waals surface area (Å²) in [5.41, 5.74) is -1.80. The highest BCUT2D eigenvalue weighted by atomic mass is 35.5. The van der Waals surface area contributed by atoms with Gasteiger partial charge in [-0.05, 0) is 26.3 Å². The maximum Gasteiger partial charge on any atom is 0.413 e. The second-order valence-electron chi connectivity index (χ2n) is 10.1. The van der Waals surface area contributed by atoms with E-state index in [1.54, 1.807) is 20.8 Å². The van der Waals surface area contributed by atoms with Gasteiger partial charge in [0.25, 0.3) is 11.8 Å². The van der Waals surface area contributed by atoms with Gasteiger partial charge in [0, 0.05) is 29.9 Å². The summed E-state index contributed by atoms with van der Waals surface area (Å²) in [5, 5.41) is 10.0. The van der Waals surface area contributed by atoms with Gasteiger partial charge in [-0.2, -0.15) is 0 Å². The molecule has 0 radical (unpaired) electrons. The fourth-order valence-corrected chi connectivity index (χ4v) is 6.24. The third kappa shape index (κ3) is 6.48. The molecule has 0 unspecified atom stereocenters. The number of rotatable bonds is 9. The van der Waals surface area contributed by atoms with Gasteiger partial charge in [-0.15, -0.1) is 34.7 Å². The Labute approximate surface area is 249 Å². The van der Waals surface area contributed by atoms with E-state index in [1.165, 1.54) is 38.1 Å². The molecule has 3 aliphatic rings. The lowest BCUT2D eigenvalue weighted by Gasteiger charge is -2.49. The number of carbonyl (C=O) groups is 5. The fourth-order valence-electron chi connectivity index (χ4n) is 3.88. The Morgan fingerprint density at radius 2 is 1.95 bits per heavy atom. The van der Waals surface area contributed by atoms with Gasteiger partial charge < -0.3 is 24.2 Å². The van der Waals surface area contributed by atoms with E-state index in [9.17, 15) is 24.0 Å². The van der Waals surface area contributed by atoms with Gasteiger partial charge in [-0.25, -0.2) is 19.4 Å². The molecule has 14 nitrogen and oxygen atoms in total. The molecule has 218 valence electrons. The number of aromatic nitrogens is 1. The monoisotopic (exact) mass is 625 g/mol. The van der Waals surface area contributed by atoms with Crippen molar-refractivity contribution in [3.05, 3.63) is 22.3 Å². The first-order valence-electron chi connectivity index (χ1n) is 12.3. The van der Waals surface area contributed by atoms with Crippen LogP contribution in [-0.4, -0.2) is 95.8 Å². The molecule has 1 aromatic heterocycles. The van der Waals surface area contributed by atoms with Crippen LogP contribution < -0.4 is 10.6 Å². The smallest absolute Gasteiger partial charge is 0.413 e. The number of halogens is 1.